The molecule has 1 aromatic heterocycles. The molecule has 0 amide bonds. The molecule has 1 aliphatic heterocycles. The zero-order chi connectivity index (χ0) is 14.5. The molecule has 0 saturated heterocycles. The van der Waals surface area contributed by atoms with E-state index in [9.17, 15) is 0 Å². The summed E-state index contributed by atoms with van der Waals surface area (Å²) in [5.41, 5.74) is 2.28. The second-order valence-corrected chi connectivity index (χ2v) is 5.04. The first-order valence-corrected chi connectivity index (χ1v) is 7.39. The van der Waals surface area contributed by atoms with Crippen molar-refractivity contribution >= 4 is 0 Å². The molecule has 1 aromatic carbocycles. The van der Waals surface area contributed by atoms with Crippen molar-refractivity contribution in [3.05, 3.63) is 53.9 Å². The fourth-order valence-electron chi connectivity index (χ4n) is 2.56. The van der Waals surface area contributed by atoms with Crippen molar-refractivity contribution in [3.8, 4) is 11.5 Å². The number of hydrogen-bond acceptors (Lipinski definition) is 4. The number of hydrogen-bond donors (Lipinski definition) is 1. The number of pyridine rings is 1. The Morgan fingerprint density at radius 2 is 2.00 bits per heavy atom. The van der Waals surface area contributed by atoms with Crippen LogP contribution in [-0.2, 0) is 6.42 Å². The van der Waals surface area contributed by atoms with Crippen LogP contribution in [0.2, 0.25) is 0 Å². The van der Waals surface area contributed by atoms with E-state index in [2.05, 4.69) is 35.4 Å². The number of likely N-dealkylation sites (N-methyl/N-ethyl adjacent to an activating group) is 1. The van der Waals surface area contributed by atoms with Gasteiger partial charge in [0.1, 0.15) is 13.2 Å². The monoisotopic (exact) mass is 284 g/mol. The Morgan fingerprint density at radius 3 is 2.76 bits per heavy atom. The lowest BCUT2D eigenvalue weighted by atomic mass is 10.0. The van der Waals surface area contributed by atoms with Gasteiger partial charge in [-0.3, -0.25) is 4.98 Å². The lowest BCUT2D eigenvalue weighted by molar-refractivity contribution is 0.171. The van der Waals surface area contributed by atoms with Gasteiger partial charge in [0.05, 0.1) is 0 Å². The number of ether oxygens (including phenoxy) is 2. The molecule has 0 fully saturated rings. The van der Waals surface area contributed by atoms with E-state index in [1.165, 1.54) is 5.56 Å². The van der Waals surface area contributed by atoms with Crippen molar-refractivity contribution in [3.63, 3.8) is 0 Å². The van der Waals surface area contributed by atoms with Gasteiger partial charge in [-0.25, -0.2) is 0 Å². The van der Waals surface area contributed by atoms with Gasteiger partial charge in [-0.05, 0) is 36.4 Å². The molecule has 110 valence electrons. The summed E-state index contributed by atoms with van der Waals surface area (Å²) in [5, 5.41) is 3.52. The van der Waals surface area contributed by atoms with E-state index in [-0.39, 0.29) is 6.04 Å². The topological polar surface area (TPSA) is 43.4 Å². The zero-order valence-electron chi connectivity index (χ0n) is 12.2. The summed E-state index contributed by atoms with van der Waals surface area (Å²) >= 11 is 0. The third kappa shape index (κ3) is 3.34. The molecule has 0 saturated carbocycles. The SMILES string of the molecule is CCNC(Cc1ccccn1)c1ccc2c(c1)OCCO2. The number of aromatic nitrogens is 1. The second kappa shape index (κ2) is 6.59. The summed E-state index contributed by atoms with van der Waals surface area (Å²) in [4.78, 5) is 4.42. The summed E-state index contributed by atoms with van der Waals surface area (Å²) < 4.78 is 11.3. The van der Waals surface area contributed by atoms with Gasteiger partial charge in [0.2, 0.25) is 0 Å². The van der Waals surface area contributed by atoms with E-state index in [0.29, 0.717) is 13.2 Å². The molecule has 21 heavy (non-hydrogen) atoms. The van der Waals surface area contributed by atoms with Crippen LogP contribution in [-0.4, -0.2) is 24.7 Å². The smallest absolute Gasteiger partial charge is 0.161 e. The minimum atomic E-state index is 0.223. The summed E-state index contributed by atoms with van der Waals surface area (Å²) in [6.45, 7) is 4.26. The van der Waals surface area contributed by atoms with Crippen molar-refractivity contribution in [1.29, 1.82) is 0 Å². The lowest BCUT2D eigenvalue weighted by Crippen LogP contribution is -2.24. The highest BCUT2D eigenvalue weighted by Crippen LogP contribution is 2.33. The molecule has 4 nitrogen and oxygen atoms in total. The van der Waals surface area contributed by atoms with Gasteiger partial charge in [-0.2, -0.15) is 0 Å². The normalized spacial score (nSPS) is 14.7. The minimum absolute atomic E-state index is 0.223. The highest BCUT2D eigenvalue weighted by atomic mass is 16.6. The van der Waals surface area contributed by atoms with Crippen molar-refractivity contribution in [2.45, 2.75) is 19.4 Å². The highest BCUT2D eigenvalue weighted by molar-refractivity contribution is 5.44. The highest BCUT2D eigenvalue weighted by Gasteiger charge is 2.17. The van der Waals surface area contributed by atoms with Gasteiger partial charge < -0.3 is 14.8 Å². The molecule has 0 bridgehead atoms. The Balaban J connectivity index is 1.83. The van der Waals surface area contributed by atoms with E-state index < -0.39 is 0 Å². The number of nitrogens with one attached hydrogen (secondary N) is 1. The van der Waals surface area contributed by atoms with Gasteiger partial charge in [-0.1, -0.05) is 19.1 Å². The first-order chi connectivity index (χ1) is 10.4. The zero-order valence-corrected chi connectivity index (χ0v) is 12.2. The van der Waals surface area contributed by atoms with E-state index >= 15 is 0 Å². The van der Waals surface area contributed by atoms with E-state index in [4.69, 9.17) is 9.47 Å². The molecular formula is C17H20N2O2. The Bertz CT molecular complexity index is 587. The molecule has 1 N–H and O–H groups in total. The minimum Gasteiger partial charge on any atom is -0.486 e. The second-order valence-electron chi connectivity index (χ2n) is 5.04. The maximum atomic E-state index is 5.67. The van der Waals surface area contributed by atoms with Crippen LogP contribution in [0.4, 0.5) is 0 Å². The van der Waals surface area contributed by atoms with Crippen molar-refractivity contribution in [1.82, 2.24) is 10.3 Å². The first-order valence-electron chi connectivity index (χ1n) is 7.39. The van der Waals surface area contributed by atoms with Gasteiger partial charge in [0, 0.05) is 24.4 Å². The number of fused-ring (bicyclic) bond motifs is 1. The molecule has 1 unspecified atom stereocenters. The van der Waals surface area contributed by atoms with Gasteiger partial charge in [0.15, 0.2) is 11.5 Å². The molecule has 1 atom stereocenters. The molecule has 2 aromatic rings. The summed E-state index contributed by atoms with van der Waals surface area (Å²) in [6.07, 6.45) is 2.69. The van der Waals surface area contributed by atoms with Crippen LogP contribution in [0.5, 0.6) is 11.5 Å². The third-order valence-electron chi connectivity index (χ3n) is 3.56. The van der Waals surface area contributed by atoms with Crippen LogP contribution in [0, 0.1) is 0 Å². The fraction of sp³-hybridized carbons (Fsp3) is 0.353. The average molecular weight is 284 g/mol. The van der Waals surface area contributed by atoms with Crippen LogP contribution in [0.3, 0.4) is 0 Å². The van der Waals surface area contributed by atoms with E-state index in [0.717, 1.165) is 30.2 Å². The van der Waals surface area contributed by atoms with Crippen molar-refractivity contribution < 1.29 is 9.47 Å². The van der Waals surface area contributed by atoms with Gasteiger partial charge in [-0.15, -0.1) is 0 Å². The predicted octanol–water partition coefficient (Wildman–Crippen LogP) is 2.75. The Morgan fingerprint density at radius 1 is 1.14 bits per heavy atom. The van der Waals surface area contributed by atoms with Gasteiger partial charge in [0.25, 0.3) is 0 Å². The number of benzene rings is 1. The fourth-order valence-corrected chi connectivity index (χ4v) is 2.56. The van der Waals surface area contributed by atoms with Crippen LogP contribution >= 0.6 is 0 Å². The molecule has 0 aliphatic carbocycles. The van der Waals surface area contributed by atoms with Crippen LogP contribution in [0.25, 0.3) is 0 Å². The van der Waals surface area contributed by atoms with Crippen molar-refractivity contribution in [2.24, 2.45) is 0 Å². The van der Waals surface area contributed by atoms with E-state index in [1.807, 2.05) is 24.4 Å². The standard InChI is InChI=1S/C17H20N2O2/c1-2-18-15(12-14-5-3-4-8-19-14)13-6-7-16-17(11-13)21-10-9-20-16/h3-8,11,15,18H,2,9-10,12H2,1H3. The molecule has 4 heteroatoms. The van der Waals surface area contributed by atoms with Crippen LogP contribution in [0.1, 0.15) is 24.2 Å². The first kappa shape index (κ1) is 13.9. The molecular weight excluding hydrogens is 264 g/mol. The molecule has 0 radical (unpaired) electrons. The largest absolute Gasteiger partial charge is 0.486 e. The average Bonchev–Trinajstić information content (AvgIpc) is 2.55. The lowest BCUT2D eigenvalue weighted by Gasteiger charge is -2.22. The van der Waals surface area contributed by atoms with Crippen LogP contribution < -0.4 is 14.8 Å². The van der Waals surface area contributed by atoms with Crippen LogP contribution in [0.15, 0.2) is 42.6 Å². The number of rotatable bonds is 5. The summed E-state index contributed by atoms with van der Waals surface area (Å²) in [5.74, 6) is 1.67. The molecule has 1 aliphatic rings. The quantitative estimate of drug-likeness (QED) is 0.917. The van der Waals surface area contributed by atoms with Crippen molar-refractivity contribution in [2.75, 3.05) is 19.8 Å². The Kier molecular flexibility index (Phi) is 4.36. The molecule has 2 heterocycles. The Hall–Kier alpha value is -2.07. The maximum absolute atomic E-state index is 5.67. The predicted molar refractivity (Wildman–Crippen MR) is 81.8 cm³/mol. The molecule has 0 spiro atoms. The molecule has 3 rings (SSSR count). The summed E-state index contributed by atoms with van der Waals surface area (Å²) in [7, 11) is 0. The maximum Gasteiger partial charge on any atom is 0.161 e. The summed E-state index contributed by atoms with van der Waals surface area (Å²) in [6, 6.07) is 12.4. The third-order valence-corrected chi connectivity index (χ3v) is 3.56. The van der Waals surface area contributed by atoms with Gasteiger partial charge >= 0.3 is 0 Å². The van der Waals surface area contributed by atoms with E-state index in [1.54, 1.807) is 0 Å². The Labute approximate surface area is 125 Å². The number of nitrogens with zero attached hydrogens (tertiary/aromatic N) is 1.